The molecule has 3 atom stereocenters. The lowest BCUT2D eigenvalue weighted by atomic mass is 9.73. The second-order valence-corrected chi connectivity index (χ2v) is 5.48. The number of ether oxygens (including phenoxy) is 1. The van der Waals surface area contributed by atoms with Crippen LogP contribution in [0.4, 0.5) is 0 Å². The van der Waals surface area contributed by atoms with Crippen LogP contribution in [0.2, 0.25) is 0 Å². The Labute approximate surface area is 103 Å². The average molecular weight is 231 g/mol. The fourth-order valence-electron chi connectivity index (χ4n) is 3.20. The molecule has 2 aliphatic rings. The molecule has 3 rings (SSSR count). The maximum Gasteiger partial charge on any atom is 0.0509 e. The average Bonchev–Trinajstić information content (AvgIpc) is 2.37. The van der Waals surface area contributed by atoms with Crippen molar-refractivity contribution >= 4 is 0 Å². The van der Waals surface area contributed by atoms with Crippen molar-refractivity contribution in [3.8, 4) is 0 Å². The van der Waals surface area contributed by atoms with Gasteiger partial charge < -0.3 is 10.5 Å². The molecule has 0 bridgehead atoms. The summed E-state index contributed by atoms with van der Waals surface area (Å²) < 4.78 is 5.53. The third-order valence-electron chi connectivity index (χ3n) is 4.32. The monoisotopic (exact) mass is 231 g/mol. The minimum absolute atomic E-state index is 0.314. The maximum atomic E-state index is 6.34. The molecule has 2 nitrogen and oxygen atoms in total. The SMILES string of the molecule is NC(CC1Cc2ccccc21)C1CCCOC1. The highest BCUT2D eigenvalue weighted by molar-refractivity contribution is 5.39. The van der Waals surface area contributed by atoms with E-state index in [4.69, 9.17) is 10.5 Å². The van der Waals surface area contributed by atoms with Crippen molar-refractivity contribution in [2.24, 2.45) is 11.7 Å². The molecule has 92 valence electrons. The molecule has 0 aromatic heterocycles. The van der Waals surface area contributed by atoms with Gasteiger partial charge >= 0.3 is 0 Å². The summed E-state index contributed by atoms with van der Waals surface area (Å²) in [7, 11) is 0. The van der Waals surface area contributed by atoms with E-state index in [9.17, 15) is 0 Å². The molecule has 1 fully saturated rings. The lowest BCUT2D eigenvalue weighted by Gasteiger charge is -2.35. The van der Waals surface area contributed by atoms with Gasteiger partial charge in [0.05, 0.1) is 6.61 Å². The highest BCUT2D eigenvalue weighted by atomic mass is 16.5. The van der Waals surface area contributed by atoms with E-state index in [0.29, 0.717) is 17.9 Å². The molecule has 0 amide bonds. The summed E-state index contributed by atoms with van der Waals surface area (Å²) >= 11 is 0. The number of hydrogen-bond donors (Lipinski definition) is 1. The van der Waals surface area contributed by atoms with E-state index < -0.39 is 0 Å². The van der Waals surface area contributed by atoms with Crippen LogP contribution in [0.25, 0.3) is 0 Å². The molecule has 0 radical (unpaired) electrons. The van der Waals surface area contributed by atoms with Crippen molar-refractivity contribution < 1.29 is 4.74 Å². The van der Waals surface area contributed by atoms with Crippen LogP contribution in [0.1, 0.15) is 36.3 Å². The number of fused-ring (bicyclic) bond motifs is 1. The minimum atomic E-state index is 0.314. The van der Waals surface area contributed by atoms with Crippen molar-refractivity contribution in [3.63, 3.8) is 0 Å². The molecule has 1 aromatic rings. The number of rotatable bonds is 3. The van der Waals surface area contributed by atoms with Crippen molar-refractivity contribution in [1.82, 2.24) is 0 Å². The van der Waals surface area contributed by atoms with Crippen LogP contribution < -0.4 is 5.73 Å². The predicted octanol–water partition coefficient (Wildman–Crippen LogP) is 2.47. The zero-order valence-corrected chi connectivity index (χ0v) is 10.3. The van der Waals surface area contributed by atoms with E-state index in [2.05, 4.69) is 24.3 Å². The van der Waals surface area contributed by atoms with Gasteiger partial charge in [-0.15, -0.1) is 0 Å². The highest BCUT2D eigenvalue weighted by Crippen LogP contribution is 2.39. The van der Waals surface area contributed by atoms with Crippen LogP contribution in [0.15, 0.2) is 24.3 Å². The van der Waals surface area contributed by atoms with Gasteiger partial charge in [0.2, 0.25) is 0 Å². The fraction of sp³-hybridized carbons (Fsp3) is 0.600. The Kier molecular flexibility index (Phi) is 3.17. The molecular weight excluding hydrogens is 210 g/mol. The summed E-state index contributed by atoms with van der Waals surface area (Å²) in [5.74, 6) is 1.28. The first-order valence-corrected chi connectivity index (χ1v) is 6.75. The second-order valence-electron chi connectivity index (χ2n) is 5.48. The van der Waals surface area contributed by atoms with Crippen LogP contribution in [-0.4, -0.2) is 19.3 Å². The van der Waals surface area contributed by atoms with Gasteiger partial charge in [-0.3, -0.25) is 0 Å². The van der Waals surface area contributed by atoms with Crippen LogP contribution in [-0.2, 0) is 11.2 Å². The number of hydrogen-bond acceptors (Lipinski definition) is 2. The number of benzene rings is 1. The standard InChI is InChI=1S/C15H21NO/c16-15(12-5-3-7-17-10-12)9-13-8-11-4-1-2-6-14(11)13/h1-2,4,6,12-13,15H,3,5,7-10,16H2. The van der Waals surface area contributed by atoms with Gasteiger partial charge in [-0.1, -0.05) is 24.3 Å². The quantitative estimate of drug-likeness (QED) is 0.867. The molecule has 1 heterocycles. The molecule has 3 unspecified atom stereocenters. The van der Waals surface area contributed by atoms with Crippen molar-refractivity contribution in [2.45, 2.75) is 37.6 Å². The number of nitrogens with two attached hydrogens (primary N) is 1. The van der Waals surface area contributed by atoms with Crippen molar-refractivity contribution in [3.05, 3.63) is 35.4 Å². The second kappa shape index (κ2) is 4.79. The maximum absolute atomic E-state index is 6.34. The van der Waals surface area contributed by atoms with E-state index in [1.165, 1.54) is 30.4 Å². The minimum Gasteiger partial charge on any atom is -0.381 e. The van der Waals surface area contributed by atoms with Crippen LogP contribution >= 0.6 is 0 Å². The summed E-state index contributed by atoms with van der Waals surface area (Å²) in [6, 6.07) is 9.08. The first-order chi connectivity index (χ1) is 8.34. The van der Waals surface area contributed by atoms with Gasteiger partial charge in [-0.2, -0.15) is 0 Å². The summed E-state index contributed by atoms with van der Waals surface area (Å²) in [4.78, 5) is 0. The Morgan fingerprint density at radius 1 is 1.35 bits per heavy atom. The Morgan fingerprint density at radius 3 is 3.00 bits per heavy atom. The Morgan fingerprint density at radius 2 is 2.24 bits per heavy atom. The van der Waals surface area contributed by atoms with E-state index in [1.54, 1.807) is 0 Å². The molecule has 1 saturated heterocycles. The molecule has 0 saturated carbocycles. The van der Waals surface area contributed by atoms with E-state index in [-0.39, 0.29) is 0 Å². The van der Waals surface area contributed by atoms with Gasteiger partial charge in [0.25, 0.3) is 0 Å². The highest BCUT2D eigenvalue weighted by Gasteiger charge is 2.30. The first kappa shape index (κ1) is 11.2. The van der Waals surface area contributed by atoms with Gasteiger partial charge in [-0.05, 0) is 48.6 Å². The van der Waals surface area contributed by atoms with Crippen LogP contribution in [0, 0.1) is 5.92 Å². The van der Waals surface area contributed by atoms with Gasteiger partial charge in [0, 0.05) is 12.6 Å². The van der Waals surface area contributed by atoms with Gasteiger partial charge in [-0.25, -0.2) is 0 Å². The predicted molar refractivity (Wildman–Crippen MR) is 69.0 cm³/mol. The third kappa shape index (κ3) is 2.24. The smallest absolute Gasteiger partial charge is 0.0509 e. The summed E-state index contributed by atoms with van der Waals surface area (Å²) in [6.07, 6.45) is 4.78. The van der Waals surface area contributed by atoms with Crippen molar-refractivity contribution in [1.29, 1.82) is 0 Å². The summed E-state index contributed by atoms with van der Waals surface area (Å²) in [6.45, 7) is 1.80. The Hall–Kier alpha value is -0.860. The Balaban J connectivity index is 1.58. The van der Waals surface area contributed by atoms with Crippen LogP contribution in [0.5, 0.6) is 0 Å². The zero-order valence-electron chi connectivity index (χ0n) is 10.3. The largest absolute Gasteiger partial charge is 0.381 e. The zero-order chi connectivity index (χ0) is 11.7. The van der Waals surface area contributed by atoms with Gasteiger partial charge in [0.15, 0.2) is 0 Å². The van der Waals surface area contributed by atoms with E-state index >= 15 is 0 Å². The third-order valence-corrected chi connectivity index (χ3v) is 4.32. The Bertz CT molecular complexity index is 384. The van der Waals surface area contributed by atoms with Crippen molar-refractivity contribution in [2.75, 3.05) is 13.2 Å². The van der Waals surface area contributed by atoms with E-state index in [1.807, 2.05) is 0 Å². The normalized spacial score (nSPS) is 29.2. The lowest BCUT2D eigenvalue weighted by molar-refractivity contribution is 0.0425. The molecule has 17 heavy (non-hydrogen) atoms. The molecule has 2 heteroatoms. The fourth-order valence-corrected chi connectivity index (χ4v) is 3.20. The first-order valence-electron chi connectivity index (χ1n) is 6.75. The molecular formula is C15H21NO. The molecule has 2 N–H and O–H groups in total. The summed E-state index contributed by atoms with van der Waals surface area (Å²) in [5.41, 5.74) is 9.38. The van der Waals surface area contributed by atoms with E-state index in [0.717, 1.165) is 19.6 Å². The molecule has 1 aliphatic carbocycles. The molecule has 1 aromatic carbocycles. The molecule has 0 spiro atoms. The summed E-state index contributed by atoms with van der Waals surface area (Å²) in [5, 5.41) is 0. The molecule has 1 aliphatic heterocycles. The van der Waals surface area contributed by atoms with Crippen LogP contribution in [0.3, 0.4) is 0 Å². The van der Waals surface area contributed by atoms with Gasteiger partial charge in [0.1, 0.15) is 0 Å². The lowest BCUT2D eigenvalue weighted by Crippen LogP contribution is -2.38. The topological polar surface area (TPSA) is 35.2 Å².